The molecule has 0 saturated carbocycles. The van der Waals surface area contributed by atoms with Gasteiger partial charge in [0.05, 0.1) is 10.6 Å². The summed E-state index contributed by atoms with van der Waals surface area (Å²) in [5.41, 5.74) is 5.45. The maximum absolute atomic E-state index is 15.6. The van der Waals surface area contributed by atoms with Gasteiger partial charge in [-0.25, -0.2) is 9.37 Å². The number of aryl methyl sites for hydroxylation is 2. The van der Waals surface area contributed by atoms with E-state index in [4.69, 9.17) is 4.74 Å². The molecule has 3 aliphatic rings. The van der Waals surface area contributed by atoms with E-state index < -0.39 is 11.8 Å². The lowest BCUT2D eigenvalue weighted by Crippen LogP contribution is -2.38. The molecule has 48 heavy (non-hydrogen) atoms. The van der Waals surface area contributed by atoms with Crippen LogP contribution in [0.4, 0.5) is 21.6 Å². The summed E-state index contributed by atoms with van der Waals surface area (Å²) in [6, 6.07) is 8.31. The molecule has 5 heterocycles. The van der Waals surface area contributed by atoms with Crippen LogP contribution in [0.25, 0.3) is 11.1 Å². The van der Waals surface area contributed by atoms with Crippen LogP contribution in [0.3, 0.4) is 0 Å². The largest absolute Gasteiger partial charge is 0.461 e. The number of benzene rings is 1. The lowest BCUT2D eigenvalue weighted by molar-refractivity contribution is -0.142. The number of aromatic nitrogens is 2. The molecule has 0 unspecified atom stereocenters. The first-order chi connectivity index (χ1) is 23.2. The van der Waals surface area contributed by atoms with Crippen LogP contribution >= 0.6 is 11.3 Å². The fraction of sp³-hybridized carbons (Fsp3) is 0.405. The molecule has 1 aromatic carbocycles. The maximum Gasteiger partial charge on any atom is 0.302 e. The number of nitrogens with one attached hydrogen (secondary N) is 1. The topological polar surface area (TPSA) is 96.8 Å². The molecule has 0 spiro atoms. The quantitative estimate of drug-likeness (QED) is 0.229. The van der Waals surface area contributed by atoms with Gasteiger partial charge in [-0.15, -0.1) is 11.3 Å². The average molecular weight is 670 g/mol. The highest BCUT2D eigenvalue weighted by atomic mass is 32.1. The first kappa shape index (κ1) is 32.2. The number of carbonyl (C=O) groups is 2. The molecule has 9 nitrogen and oxygen atoms in total. The number of hydrogen-bond acceptors (Lipinski definition) is 8. The predicted octanol–water partition coefficient (Wildman–Crippen LogP) is 6.35. The number of likely N-dealkylation sites (tertiary alicyclic amines) is 1. The minimum Gasteiger partial charge on any atom is -0.461 e. The Morgan fingerprint density at radius 3 is 2.58 bits per heavy atom. The number of rotatable bonds is 7. The van der Waals surface area contributed by atoms with Crippen LogP contribution in [0.5, 0.6) is 0 Å². The van der Waals surface area contributed by atoms with Gasteiger partial charge in [0, 0.05) is 48.9 Å². The van der Waals surface area contributed by atoms with Crippen molar-refractivity contribution in [2.75, 3.05) is 36.9 Å². The third kappa shape index (κ3) is 6.28. The number of piperidine rings is 1. The fourth-order valence-electron chi connectivity index (χ4n) is 7.34. The second-order valence-corrected chi connectivity index (χ2v) is 14.3. The molecule has 0 atom stereocenters. The smallest absolute Gasteiger partial charge is 0.302 e. The second-order valence-electron chi connectivity index (χ2n) is 13.2. The summed E-state index contributed by atoms with van der Waals surface area (Å²) >= 11 is 1.56. The van der Waals surface area contributed by atoms with Crippen molar-refractivity contribution in [1.82, 2.24) is 14.5 Å². The number of esters is 1. The minimum atomic E-state index is -0.537. The summed E-state index contributed by atoms with van der Waals surface area (Å²) < 4.78 is 22.5. The highest BCUT2D eigenvalue weighted by molar-refractivity contribution is 7.14. The summed E-state index contributed by atoms with van der Waals surface area (Å²) in [6.07, 6.45) is 10.6. The van der Waals surface area contributed by atoms with Gasteiger partial charge < -0.3 is 24.4 Å². The normalized spacial score (nSPS) is 16.8. The number of hydrogen-bond donors (Lipinski definition) is 1. The summed E-state index contributed by atoms with van der Waals surface area (Å²) in [6.45, 7) is 3.65. The van der Waals surface area contributed by atoms with Gasteiger partial charge in [0.15, 0.2) is 0 Å². The number of amides is 1. The first-order valence-electron chi connectivity index (χ1n) is 16.7. The van der Waals surface area contributed by atoms with Crippen molar-refractivity contribution in [2.45, 2.75) is 64.4 Å². The Balaban J connectivity index is 1.24. The molecule has 4 aromatic rings. The van der Waals surface area contributed by atoms with Crippen LogP contribution < -0.4 is 15.8 Å². The van der Waals surface area contributed by atoms with Crippen molar-refractivity contribution in [2.24, 2.45) is 7.05 Å². The average Bonchev–Trinajstić information content (AvgIpc) is 3.46. The Morgan fingerprint density at radius 1 is 1.04 bits per heavy atom. The zero-order chi connectivity index (χ0) is 33.5. The minimum absolute atomic E-state index is 0.158. The molecule has 2 aliphatic heterocycles. The van der Waals surface area contributed by atoms with E-state index in [1.165, 1.54) is 39.6 Å². The Kier molecular flexibility index (Phi) is 8.91. The molecule has 0 radical (unpaired) electrons. The van der Waals surface area contributed by atoms with Crippen molar-refractivity contribution in [3.63, 3.8) is 0 Å². The van der Waals surface area contributed by atoms with Crippen molar-refractivity contribution in [3.8, 4) is 11.1 Å². The Hall–Kier alpha value is -4.35. The van der Waals surface area contributed by atoms with Crippen LogP contribution in [0.2, 0.25) is 0 Å². The third-order valence-corrected chi connectivity index (χ3v) is 11.3. The predicted molar refractivity (Wildman–Crippen MR) is 186 cm³/mol. The molecular formula is C37H40FN5O4S. The molecule has 7 rings (SSSR count). The van der Waals surface area contributed by atoms with Crippen LogP contribution in [-0.2, 0) is 42.4 Å². The SMILES string of the molecule is CC(=O)OCc1c(-c2cc(Nc3ccc(C4CCN(C)CC4)cn3)c(=O)n(C)c2)cc(F)cc1N1CCc2c(sc3c2CCCC3)C1=O. The van der Waals surface area contributed by atoms with E-state index in [1.807, 2.05) is 12.3 Å². The zero-order valence-electron chi connectivity index (χ0n) is 27.6. The number of anilines is 3. The van der Waals surface area contributed by atoms with E-state index in [9.17, 15) is 14.4 Å². The third-order valence-electron chi connectivity index (χ3n) is 9.94. The Labute approximate surface area is 283 Å². The molecule has 3 aromatic heterocycles. The molecule has 1 fully saturated rings. The maximum atomic E-state index is 15.6. The number of ether oxygens (including phenoxy) is 1. The number of fused-ring (bicyclic) bond motifs is 3. The van der Waals surface area contributed by atoms with E-state index in [2.05, 4.69) is 28.3 Å². The number of thiophene rings is 1. The van der Waals surface area contributed by atoms with Gasteiger partial charge in [-0.2, -0.15) is 0 Å². The van der Waals surface area contributed by atoms with E-state index in [1.54, 1.807) is 35.5 Å². The molecular weight excluding hydrogens is 630 g/mol. The highest BCUT2D eigenvalue weighted by Crippen LogP contribution is 2.41. The van der Waals surface area contributed by atoms with Crippen LogP contribution in [-0.4, -0.2) is 53.0 Å². The highest BCUT2D eigenvalue weighted by Gasteiger charge is 2.34. The zero-order valence-corrected chi connectivity index (χ0v) is 28.4. The van der Waals surface area contributed by atoms with Crippen LogP contribution in [0.15, 0.2) is 47.5 Å². The second kappa shape index (κ2) is 13.3. The fourth-order valence-corrected chi connectivity index (χ4v) is 8.73. The molecule has 1 N–H and O–H groups in total. The van der Waals surface area contributed by atoms with E-state index in [0.29, 0.717) is 47.1 Å². The first-order valence-corrected chi connectivity index (χ1v) is 17.5. The Bertz CT molecular complexity index is 1940. The summed E-state index contributed by atoms with van der Waals surface area (Å²) in [5.74, 6) is -0.208. The monoisotopic (exact) mass is 669 g/mol. The number of nitrogens with zero attached hydrogens (tertiary/aromatic N) is 4. The van der Waals surface area contributed by atoms with E-state index in [0.717, 1.165) is 62.1 Å². The van der Waals surface area contributed by atoms with Gasteiger partial charge in [-0.1, -0.05) is 6.07 Å². The van der Waals surface area contributed by atoms with Crippen LogP contribution in [0, 0.1) is 5.82 Å². The lowest BCUT2D eigenvalue weighted by atomic mass is 9.91. The van der Waals surface area contributed by atoms with Gasteiger partial charge in [-0.05, 0) is 118 Å². The number of pyridine rings is 2. The molecule has 250 valence electrons. The van der Waals surface area contributed by atoms with Gasteiger partial charge in [0.25, 0.3) is 11.5 Å². The number of halogens is 1. The van der Waals surface area contributed by atoms with Crippen molar-refractivity contribution < 1.29 is 18.7 Å². The number of carbonyl (C=O) groups excluding carboxylic acids is 2. The molecule has 1 saturated heterocycles. The van der Waals surface area contributed by atoms with Crippen molar-refractivity contribution in [3.05, 3.63) is 90.9 Å². The van der Waals surface area contributed by atoms with Crippen molar-refractivity contribution in [1.29, 1.82) is 0 Å². The summed E-state index contributed by atoms with van der Waals surface area (Å²) in [4.78, 5) is 49.9. The molecule has 1 amide bonds. The molecule has 0 bridgehead atoms. The lowest BCUT2D eigenvalue weighted by Gasteiger charge is -2.30. The molecule has 11 heteroatoms. The standard InChI is InChI=1S/C37H40FN5O4S/c1-22(44)47-21-30-29(17-26(38)18-32(30)43-15-12-28-27-6-4-5-7-33(27)48-35(28)37(43)46)25-16-31(36(45)42(3)20-25)40-34-9-8-24(19-39-34)23-10-13-41(2)14-11-23/h8-9,16-20,23H,4-7,10-15,21H2,1-3H3,(H,39,40). The van der Waals surface area contributed by atoms with Gasteiger partial charge >= 0.3 is 5.97 Å². The molecule has 1 aliphatic carbocycles. The van der Waals surface area contributed by atoms with E-state index >= 15 is 4.39 Å². The van der Waals surface area contributed by atoms with Crippen molar-refractivity contribution >= 4 is 40.4 Å². The van der Waals surface area contributed by atoms with E-state index in [-0.39, 0.29) is 23.8 Å². The van der Waals surface area contributed by atoms with Gasteiger partial charge in [0.2, 0.25) is 0 Å². The van der Waals surface area contributed by atoms with Gasteiger partial charge in [-0.3, -0.25) is 14.4 Å². The Morgan fingerprint density at radius 2 is 1.83 bits per heavy atom. The van der Waals surface area contributed by atoms with Crippen LogP contribution in [0.1, 0.15) is 75.3 Å². The van der Waals surface area contributed by atoms with Gasteiger partial charge in [0.1, 0.15) is 23.9 Å². The summed E-state index contributed by atoms with van der Waals surface area (Å²) in [7, 11) is 3.77. The summed E-state index contributed by atoms with van der Waals surface area (Å²) in [5, 5.41) is 3.17.